The summed E-state index contributed by atoms with van der Waals surface area (Å²) < 4.78 is 5.12. The summed E-state index contributed by atoms with van der Waals surface area (Å²) in [4.78, 5) is 28.7. The fourth-order valence-corrected chi connectivity index (χ4v) is 2.34. The molecule has 0 aliphatic carbocycles. The van der Waals surface area contributed by atoms with Gasteiger partial charge >= 0.3 is 11.6 Å². The van der Waals surface area contributed by atoms with Gasteiger partial charge in [-0.2, -0.15) is 0 Å². The van der Waals surface area contributed by atoms with E-state index in [1.165, 1.54) is 6.07 Å². The molecule has 0 fully saturated rings. The average molecular weight is 310 g/mol. The summed E-state index contributed by atoms with van der Waals surface area (Å²) >= 11 is 0. The molecule has 0 saturated heterocycles. The number of carbonyl (C=O) groups is 1. The Morgan fingerprint density at radius 1 is 1.30 bits per heavy atom. The maximum Gasteiger partial charge on any atom is 0.351 e. The summed E-state index contributed by atoms with van der Waals surface area (Å²) in [6.07, 6.45) is 3.50. The van der Waals surface area contributed by atoms with Gasteiger partial charge in [0, 0.05) is 43.1 Å². The summed E-state index contributed by atoms with van der Waals surface area (Å²) in [6, 6.07) is 10.5. The predicted octanol–water partition coefficient (Wildman–Crippen LogP) is 2.52. The SMILES string of the molecule is CN(Cc1cccnc1)c1ccc2cc(C(=O)O)c(=O)oc2c1. The van der Waals surface area contributed by atoms with Crippen LogP contribution in [0.1, 0.15) is 15.9 Å². The number of carboxylic acids is 1. The van der Waals surface area contributed by atoms with Crippen LogP contribution in [0.4, 0.5) is 5.69 Å². The number of aromatic carboxylic acids is 1. The van der Waals surface area contributed by atoms with Crippen molar-refractivity contribution in [1.29, 1.82) is 0 Å². The number of nitrogens with zero attached hydrogens (tertiary/aromatic N) is 2. The average Bonchev–Trinajstić information content (AvgIpc) is 2.54. The summed E-state index contributed by atoms with van der Waals surface area (Å²) in [5.74, 6) is -1.29. The Labute approximate surface area is 131 Å². The zero-order valence-corrected chi connectivity index (χ0v) is 12.4. The molecule has 23 heavy (non-hydrogen) atoms. The number of carboxylic acid groups (broad SMARTS) is 1. The van der Waals surface area contributed by atoms with E-state index >= 15 is 0 Å². The van der Waals surface area contributed by atoms with Crippen LogP contribution in [-0.2, 0) is 6.54 Å². The maximum atomic E-state index is 11.7. The van der Waals surface area contributed by atoms with Gasteiger partial charge in [-0.1, -0.05) is 6.07 Å². The largest absolute Gasteiger partial charge is 0.477 e. The number of hydrogen-bond acceptors (Lipinski definition) is 5. The van der Waals surface area contributed by atoms with E-state index in [1.807, 2.05) is 30.1 Å². The molecule has 0 bridgehead atoms. The molecule has 0 amide bonds. The lowest BCUT2D eigenvalue weighted by atomic mass is 10.1. The standard InChI is InChI=1S/C17H14N2O4/c1-19(10-11-3-2-6-18-9-11)13-5-4-12-7-14(16(20)21)17(22)23-15(12)8-13/h2-9H,10H2,1H3,(H,20,21). The topological polar surface area (TPSA) is 83.6 Å². The Kier molecular flexibility index (Phi) is 3.80. The first-order valence-electron chi connectivity index (χ1n) is 6.96. The lowest BCUT2D eigenvalue weighted by Crippen LogP contribution is -2.16. The maximum absolute atomic E-state index is 11.7. The van der Waals surface area contributed by atoms with Gasteiger partial charge in [-0.05, 0) is 29.8 Å². The molecule has 0 aliphatic heterocycles. The van der Waals surface area contributed by atoms with Crippen LogP contribution in [0.2, 0.25) is 0 Å². The van der Waals surface area contributed by atoms with Gasteiger partial charge < -0.3 is 14.4 Å². The molecule has 2 heterocycles. The van der Waals surface area contributed by atoms with Gasteiger partial charge in [0.1, 0.15) is 11.1 Å². The van der Waals surface area contributed by atoms with Gasteiger partial charge in [0.05, 0.1) is 0 Å². The zero-order valence-electron chi connectivity index (χ0n) is 12.4. The summed E-state index contributed by atoms with van der Waals surface area (Å²) in [5.41, 5.74) is 1.05. The van der Waals surface area contributed by atoms with Crippen molar-refractivity contribution >= 4 is 22.6 Å². The molecule has 0 radical (unpaired) electrons. The second kappa shape index (κ2) is 5.92. The van der Waals surface area contributed by atoms with Crippen LogP contribution in [0.3, 0.4) is 0 Å². The molecule has 0 spiro atoms. The molecule has 0 saturated carbocycles. The molecule has 3 aromatic rings. The van der Waals surface area contributed by atoms with Gasteiger partial charge in [-0.3, -0.25) is 4.98 Å². The summed E-state index contributed by atoms with van der Waals surface area (Å²) in [6.45, 7) is 0.650. The fraction of sp³-hybridized carbons (Fsp3) is 0.118. The van der Waals surface area contributed by atoms with Gasteiger partial charge in [0.15, 0.2) is 0 Å². The van der Waals surface area contributed by atoms with E-state index < -0.39 is 11.6 Å². The van der Waals surface area contributed by atoms with Crippen molar-refractivity contribution in [3.63, 3.8) is 0 Å². The molecule has 1 aromatic carbocycles. The van der Waals surface area contributed by atoms with Crippen LogP contribution in [-0.4, -0.2) is 23.1 Å². The summed E-state index contributed by atoms with van der Waals surface area (Å²) in [5, 5.41) is 9.53. The molecule has 116 valence electrons. The van der Waals surface area contributed by atoms with Gasteiger partial charge in [0.25, 0.3) is 0 Å². The third kappa shape index (κ3) is 3.06. The zero-order chi connectivity index (χ0) is 16.4. The lowest BCUT2D eigenvalue weighted by molar-refractivity contribution is 0.0692. The van der Waals surface area contributed by atoms with Crippen molar-refractivity contribution in [2.75, 3.05) is 11.9 Å². The smallest absolute Gasteiger partial charge is 0.351 e. The molecule has 0 aliphatic rings. The van der Waals surface area contributed by atoms with Crippen molar-refractivity contribution in [2.24, 2.45) is 0 Å². The van der Waals surface area contributed by atoms with Crippen molar-refractivity contribution in [2.45, 2.75) is 6.54 Å². The minimum absolute atomic E-state index is 0.357. The first-order chi connectivity index (χ1) is 11.0. The molecule has 6 nitrogen and oxygen atoms in total. The van der Waals surface area contributed by atoms with Crippen LogP contribution in [0, 0.1) is 0 Å². The van der Waals surface area contributed by atoms with E-state index in [0.717, 1.165) is 11.3 Å². The van der Waals surface area contributed by atoms with E-state index in [0.29, 0.717) is 17.5 Å². The van der Waals surface area contributed by atoms with Crippen LogP contribution in [0.15, 0.2) is 58.0 Å². The monoisotopic (exact) mass is 310 g/mol. The number of benzene rings is 1. The molecule has 0 unspecified atom stereocenters. The Bertz CT molecular complexity index is 919. The lowest BCUT2D eigenvalue weighted by Gasteiger charge is -2.19. The van der Waals surface area contributed by atoms with E-state index in [4.69, 9.17) is 9.52 Å². The van der Waals surface area contributed by atoms with Crippen LogP contribution in [0.25, 0.3) is 11.0 Å². The van der Waals surface area contributed by atoms with Crippen LogP contribution in [0.5, 0.6) is 0 Å². The third-order valence-corrected chi connectivity index (χ3v) is 3.53. The molecule has 6 heteroatoms. The van der Waals surface area contributed by atoms with Crippen molar-refractivity contribution in [3.05, 3.63) is 70.3 Å². The minimum Gasteiger partial charge on any atom is -0.477 e. The van der Waals surface area contributed by atoms with Gasteiger partial charge in [0.2, 0.25) is 0 Å². The number of pyridine rings is 1. The molecular weight excluding hydrogens is 296 g/mol. The number of rotatable bonds is 4. The first kappa shape index (κ1) is 14.8. The third-order valence-electron chi connectivity index (χ3n) is 3.53. The number of fused-ring (bicyclic) bond motifs is 1. The highest BCUT2D eigenvalue weighted by molar-refractivity contribution is 5.92. The van der Waals surface area contributed by atoms with E-state index in [9.17, 15) is 9.59 Å². The molecule has 3 rings (SSSR count). The molecular formula is C17H14N2O4. The first-order valence-corrected chi connectivity index (χ1v) is 6.96. The van der Waals surface area contributed by atoms with Crippen molar-refractivity contribution in [1.82, 2.24) is 4.98 Å². The fourth-order valence-electron chi connectivity index (χ4n) is 2.34. The molecule has 1 N–H and O–H groups in total. The van der Waals surface area contributed by atoms with Crippen LogP contribution < -0.4 is 10.5 Å². The Hall–Kier alpha value is -3.15. The highest BCUT2D eigenvalue weighted by Crippen LogP contribution is 2.22. The van der Waals surface area contributed by atoms with Gasteiger partial charge in [-0.15, -0.1) is 0 Å². The van der Waals surface area contributed by atoms with Crippen molar-refractivity contribution < 1.29 is 14.3 Å². The van der Waals surface area contributed by atoms with Crippen molar-refractivity contribution in [3.8, 4) is 0 Å². The Balaban J connectivity index is 1.95. The normalized spacial score (nSPS) is 10.7. The quantitative estimate of drug-likeness (QED) is 0.745. The predicted molar refractivity (Wildman–Crippen MR) is 85.8 cm³/mol. The Morgan fingerprint density at radius 2 is 2.13 bits per heavy atom. The second-order valence-electron chi connectivity index (χ2n) is 5.19. The minimum atomic E-state index is -1.29. The second-order valence-corrected chi connectivity index (χ2v) is 5.19. The van der Waals surface area contributed by atoms with E-state index in [-0.39, 0.29) is 5.56 Å². The van der Waals surface area contributed by atoms with E-state index in [1.54, 1.807) is 24.5 Å². The van der Waals surface area contributed by atoms with Gasteiger partial charge in [-0.25, -0.2) is 9.59 Å². The highest BCUT2D eigenvalue weighted by Gasteiger charge is 2.13. The summed E-state index contributed by atoms with van der Waals surface area (Å²) in [7, 11) is 1.91. The number of anilines is 1. The highest BCUT2D eigenvalue weighted by atomic mass is 16.4. The van der Waals surface area contributed by atoms with Crippen LogP contribution >= 0.6 is 0 Å². The number of aromatic nitrogens is 1. The van der Waals surface area contributed by atoms with E-state index in [2.05, 4.69) is 4.98 Å². The molecule has 2 aromatic heterocycles. The Morgan fingerprint density at radius 3 is 2.83 bits per heavy atom. The number of hydrogen-bond donors (Lipinski definition) is 1. The molecule has 0 atom stereocenters.